The Morgan fingerprint density at radius 1 is 1.50 bits per heavy atom. The van der Waals surface area contributed by atoms with Gasteiger partial charge < -0.3 is 10.1 Å². The second-order valence-corrected chi connectivity index (χ2v) is 7.37. The van der Waals surface area contributed by atoms with Crippen molar-refractivity contribution in [2.45, 2.75) is 49.9 Å². The van der Waals surface area contributed by atoms with Gasteiger partial charge in [0.15, 0.2) is 5.03 Å². The quantitative estimate of drug-likeness (QED) is 0.644. The van der Waals surface area contributed by atoms with E-state index in [1.807, 2.05) is 13.8 Å². The van der Waals surface area contributed by atoms with Crippen molar-refractivity contribution in [2.24, 2.45) is 0 Å². The molecule has 1 heterocycles. The Balaban J connectivity index is 2.02. The summed E-state index contributed by atoms with van der Waals surface area (Å²) in [5, 5.41) is 9.80. The highest BCUT2D eigenvalue weighted by Gasteiger charge is 2.26. The summed E-state index contributed by atoms with van der Waals surface area (Å²) < 4.78 is 32.3. The van der Waals surface area contributed by atoms with Gasteiger partial charge in [-0.15, -0.1) is 0 Å². The fourth-order valence-corrected chi connectivity index (χ4v) is 2.94. The number of ether oxygens (including phenoxy) is 1. The normalized spacial score (nSPS) is 16.6. The smallest absolute Gasteiger partial charge is 0.257 e. The molecule has 0 unspecified atom stereocenters. The van der Waals surface area contributed by atoms with Gasteiger partial charge in [0, 0.05) is 31.8 Å². The molecule has 0 aliphatic heterocycles. The highest BCUT2D eigenvalue weighted by molar-refractivity contribution is 7.89. The molecular formula is C12H22N4O3S. The van der Waals surface area contributed by atoms with Gasteiger partial charge in [-0.05, 0) is 26.7 Å². The number of H-pyrrole nitrogens is 1. The second kappa shape index (κ2) is 5.80. The van der Waals surface area contributed by atoms with E-state index < -0.39 is 15.6 Å². The van der Waals surface area contributed by atoms with Crippen LogP contribution in [-0.2, 0) is 21.3 Å². The Morgan fingerprint density at radius 3 is 2.80 bits per heavy atom. The summed E-state index contributed by atoms with van der Waals surface area (Å²) in [6.45, 7) is 4.33. The van der Waals surface area contributed by atoms with Crippen LogP contribution in [0.25, 0.3) is 0 Å². The maximum absolute atomic E-state index is 12.3. The third-order valence-electron chi connectivity index (χ3n) is 3.35. The molecule has 1 aromatic rings. The van der Waals surface area contributed by atoms with Crippen molar-refractivity contribution < 1.29 is 13.2 Å². The molecule has 3 N–H and O–H groups in total. The van der Waals surface area contributed by atoms with Gasteiger partial charge in [0.05, 0.1) is 11.8 Å². The van der Waals surface area contributed by atoms with Crippen LogP contribution >= 0.6 is 0 Å². The summed E-state index contributed by atoms with van der Waals surface area (Å²) in [5.74, 6) is 0. The lowest BCUT2D eigenvalue weighted by Crippen LogP contribution is -2.40. The van der Waals surface area contributed by atoms with Crippen molar-refractivity contribution in [1.29, 1.82) is 0 Å². The molecule has 0 saturated heterocycles. The van der Waals surface area contributed by atoms with E-state index in [0.29, 0.717) is 18.2 Å². The van der Waals surface area contributed by atoms with E-state index in [0.717, 1.165) is 12.8 Å². The number of hydrogen-bond donors (Lipinski definition) is 3. The van der Waals surface area contributed by atoms with E-state index in [-0.39, 0.29) is 11.6 Å². The molecule has 1 aliphatic rings. The number of nitrogens with one attached hydrogen (secondary N) is 3. The Morgan fingerprint density at radius 2 is 2.20 bits per heavy atom. The fraction of sp³-hybridized carbons (Fsp3) is 0.750. The molecule has 2 rings (SSSR count). The van der Waals surface area contributed by atoms with E-state index in [1.165, 1.54) is 0 Å². The lowest BCUT2D eigenvalue weighted by molar-refractivity contribution is 0.0276. The molecule has 0 bridgehead atoms. The SMILES string of the molecule is COC(C)(C)CNS(=O)(=O)c1[nH]ncc1CNC1CC1. The fourth-order valence-electron chi connectivity index (χ4n) is 1.61. The number of aromatic nitrogens is 2. The summed E-state index contributed by atoms with van der Waals surface area (Å²) in [4.78, 5) is 0. The van der Waals surface area contributed by atoms with Gasteiger partial charge in [0.25, 0.3) is 10.0 Å². The van der Waals surface area contributed by atoms with Crippen LogP contribution < -0.4 is 10.0 Å². The first kappa shape index (κ1) is 15.4. The number of aromatic amines is 1. The Labute approximate surface area is 119 Å². The van der Waals surface area contributed by atoms with Gasteiger partial charge in [-0.25, -0.2) is 13.1 Å². The second-order valence-electron chi connectivity index (χ2n) is 5.67. The molecule has 1 aromatic heterocycles. The van der Waals surface area contributed by atoms with E-state index in [1.54, 1.807) is 13.3 Å². The Bertz CT molecular complexity index is 549. The van der Waals surface area contributed by atoms with Gasteiger partial charge in [0.2, 0.25) is 0 Å². The Kier molecular flexibility index (Phi) is 4.48. The molecule has 20 heavy (non-hydrogen) atoms. The van der Waals surface area contributed by atoms with Crippen molar-refractivity contribution in [1.82, 2.24) is 20.2 Å². The van der Waals surface area contributed by atoms with E-state index in [2.05, 4.69) is 20.2 Å². The lowest BCUT2D eigenvalue weighted by Gasteiger charge is -2.22. The van der Waals surface area contributed by atoms with Gasteiger partial charge in [-0.1, -0.05) is 0 Å². The maximum Gasteiger partial charge on any atom is 0.257 e. The van der Waals surface area contributed by atoms with Gasteiger partial charge in [0.1, 0.15) is 0 Å². The minimum absolute atomic E-state index is 0.123. The third-order valence-corrected chi connectivity index (χ3v) is 4.76. The van der Waals surface area contributed by atoms with Crippen LogP contribution in [0, 0.1) is 0 Å². The first-order valence-electron chi connectivity index (χ1n) is 6.64. The predicted octanol–water partition coefficient (Wildman–Crippen LogP) is 0.365. The van der Waals surface area contributed by atoms with Crippen LogP contribution in [0.3, 0.4) is 0 Å². The molecule has 0 radical (unpaired) electrons. The van der Waals surface area contributed by atoms with Crippen LogP contribution in [0.4, 0.5) is 0 Å². The molecule has 0 aromatic carbocycles. The standard InChI is InChI=1S/C12H22N4O3S/c1-12(2,19-3)8-15-20(17,18)11-9(7-14-16-11)6-13-10-4-5-10/h7,10,13,15H,4-6,8H2,1-3H3,(H,14,16). The molecule has 0 atom stereocenters. The van der Waals surface area contributed by atoms with Crippen LogP contribution in [0.2, 0.25) is 0 Å². The molecule has 1 aliphatic carbocycles. The first-order valence-corrected chi connectivity index (χ1v) is 8.13. The lowest BCUT2D eigenvalue weighted by atomic mass is 10.1. The zero-order chi connectivity index (χ0) is 14.8. The summed E-state index contributed by atoms with van der Waals surface area (Å²) >= 11 is 0. The van der Waals surface area contributed by atoms with Gasteiger partial charge >= 0.3 is 0 Å². The highest BCUT2D eigenvalue weighted by atomic mass is 32.2. The average molecular weight is 302 g/mol. The predicted molar refractivity (Wildman–Crippen MR) is 74.7 cm³/mol. The van der Waals surface area contributed by atoms with Crippen LogP contribution in [0.15, 0.2) is 11.2 Å². The number of nitrogens with zero attached hydrogens (tertiary/aromatic N) is 1. The van der Waals surface area contributed by atoms with Crippen molar-refractivity contribution >= 4 is 10.0 Å². The van der Waals surface area contributed by atoms with Crippen LogP contribution in [0.1, 0.15) is 32.3 Å². The first-order chi connectivity index (χ1) is 9.34. The van der Waals surface area contributed by atoms with Crippen molar-refractivity contribution in [3.8, 4) is 0 Å². The molecular weight excluding hydrogens is 280 g/mol. The molecule has 114 valence electrons. The van der Waals surface area contributed by atoms with Crippen molar-refractivity contribution in [3.63, 3.8) is 0 Å². The van der Waals surface area contributed by atoms with Crippen LogP contribution in [0.5, 0.6) is 0 Å². The molecule has 1 saturated carbocycles. The molecule has 1 fully saturated rings. The monoisotopic (exact) mass is 302 g/mol. The zero-order valence-corrected chi connectivity index (χ0v) is 12.9. The molecule has 0 amide bonds. The van der Waals surface area contributed by atoms with E-state index in [9.17, 15) is 8.42 Å². The number of sulfonamides is 1. The largest absolute Gasteiger partial charge is 0.377 e. The zero-order valence-electron chi connectivity index (χ0n) is 12.1. The van der Waals surface area contributed by atoms with Crippen molar-refractivity contribution in [2.75, 3.05) is 13.7 Å². The minimum atomic E-state index is -3.61. The van der Waals surface area contributed by atoms with E-state index in [4.69, 9.17) is 4.74 Å². The summed E-state index contributed by atoms with van der Waals surface area (Å²) in [7, 11) is -2.06. The van der Waals surface area contributed by atoms with Gasteiger partial charge in [-0.3, -0.25) is 5.10 Å². The average Bonchev–Trinajstić information content (AvgIpc) is 3.10. The van der Waals surface area contributed by atoms with Gasteiger partial charge in [-0.2, -0.15) is 5.10 Å². The number of rotatable bonds is 8. The third kappa shape index (κ3) is 4.02. The summed E-state index contributed by atoms with van der Waals surface area (Å²) in [6, 6.07) is 0.515. The maximum atomic E-state index is 12.3. The van der Waals surface area contributed by atoms with Crippen molar-refractivity contribution in [3.05, 3.63) is 11.8 Å². The summed E-state index contributed by atoms with van der Waals surface area (Å²) in [5.41, 5.74) is 0.0964. The number of hydrogen-bond acceptors (Lipinski definition) is 5. The summed E-state index contributed by atoms with van der Waals surface area (Å²) in [6.07, 6.45) is 3.85. The van der Waals surface area contributed by atoms with Crippen LogP contribution in [-0.4, -0.2) is 43.9 Å². The Hall–Kier alpha value is -0.960. The molecule has 8 heteroatoms. The highest BCUT2D eigenvalue weighted by Crippen LogP contribution is 2.20. The topological polar surface area (TPSA) is 96.1 Å². The molecule has 7 nitrogen and oxygen atoms in total. The number of methoxy groups -OCH3 is 1. The van der Waals surface area contributed by atoms with E-state index >= 15 is 0 Å². The molecule has 0 spiro atoms. The minimum Gasteiger partial charge on any atom is -0.377 e.